The topological polar surface area (TPSA) is 37.4 Å². The Morgan fingerprint density at radius 1 is 1.00 bits per heavy atom. The van der Waals surface area contributed by atoms with E-state index in [2.05, 4.69) is 20.2 Å². The third-order valence-corrected chi connectivity index (χ3v) is 0. The van der Waals surface area contributed by atoms with Crippen molar-refractivity contribution in [1.29, 1.82) is 0 Å². The Balaban J connectivity index is -0.0000000226. The Hall–Kier alpha value is -0.337. The van der Waals surface area contributed by atoms with Crippen molar-refractivity contribution in [3.63, 3.8) is 0 Å². The molecule has 0 unspecified atom stereocenters. The summed E-state index contributed by atoms with van der Waals surface area (Å²) in [5.74, 6) is 0. The summed E-state index contributed by atoms with van der Waals surface area (Å²) in [4.78, 5) is 17.5. The summed E-state index contributed by atoms with van der Waals surface area (Å²) in [5, 5.41) is 0. The van der Waals surface area contributed by atoms with Gasteiger partial charge in [0.25, 0.3) is 0 Å². The van der Waals surface area contributed by atoms with Crippen LogP contribution in [-0.4, -0.2) is 39.6 Å². The smallest absolute Gasteiger partial charge is 0.545 e. The van der Waals surface area contributed by atoms with Gasteiger partial charge in [0.1, 0.15) is 0 Å². The molecule has 3 nitrogen and oxygen atoms in total. The fourth-order valence-corrected chi connectivity index (χ4v) is 0. The molecule has 4 heteroatoms. The van der Waals surface area contributed by atoms with Gasteiger partial charge in [-0.25, -0.2) is 0 Å². The zero-order valence-electron chi connectivity index (χ0n) is 8.98. The SMILES string of the molecule is C=C(C)C.CN(C)C.[CH-]=O.[CH-]=O.[Ru+3]. The van der Waals surface area contributed by atoms with E-state index in [0.717, 1.165) is 0 Å². The Morgan fingerprint density at radius 3 is 1.00 bits per heavy atom. The van der Waals surface area contributed by atoms with Gasteiger partial charge in [-0.3, -0.25) is 13.6 Å². The van der Waals surface area contributed by atoms with Gasteiger partial charge in [0, 0.05) is 0 Å². The summed E-state index contributed by atoms with van der Waals surface area (Å²) in [6, 6.07) is 0. The van der Waals surface area contributed by atoms with Crippen molar-refractivity contribution < 1.29 is 29.1 Å². The molecule has 0 saturated carbocycles. The van der Waals surface area contributed by atoms with Crippen LogP contribution in [0, 0.1) is 0 Å². The Morgan fingerprint density at radius 2 is 1.00 bits per heavy atom. The molecule has 0 atom stereocenters. The molecule has 0 heterocycles. The molecule has 1 radical (unpaired) electrons. The number of allylic oxidation sites excluding steroid dienone is 1. The molecule has 0 aromatic heterocycles. The van der Waals surface area contributed by atoms with Gasteiger partial charge in [-0.1, -0.05) is 5.57 Å². The second-order valence-electron chi connectivity index (χ2n) is 2.55. The summed E-state index contributed by atoms with van der Waals surface area (Å²) < 4.78 is 0. The van der Waals surface area contributed by atoms with E-state index < -0.39 is 0 Å². The molecule has 0 aliphatic rings. The molecular weight excluding hydrogens is 255 g/mol. The molecule has 0 fully saturated rings. The Kier molecular flexibility index (Phi) is 93.3. The maximum absolute atomic E-state index is 7.75. The molecule has 0 saturated heterocycles. The summed E-state index contributed by atoms with van der Waals surface area (Å²) >= 11 is 0. The summed E-state index contributed by atoms with van der Waals surface area (Å²) in [5.41, 5.74) is 1.17. The summed E-state index contributed by atoms with van der Waals surface area (Å²) in [6.07, 6.45) is 0. The van der Waals surface area contributed by atoms with Crippen molar-refractivity contribution in [1.82, 2.24) is 4.90 Å². The molecule has 0 aromatic rings. The van der Waals surface area contributed by atoms with Crippen molar-refractivity contribution in [2.75, 3.05) is 21.1 Å². The molecule has 0 aromatic carbocycles. The van der Waals surface area contributed by atoms with E-state index in [1.54, 1.807) is 0 Å². The first kappa shape index (κ1) is 29.3. The normalized spacial score (nSPS) is 5.38. The van der Waals surface area contributed by atoms with E-state index in [0.29, 0.717) is 0 Å². The standard InChI is InChI=1S/C4H8.C3H9N.2CHO.Ru/c2*1-4(2)3;2*1-2;/h1H2,2-3H3;1-3H3;2*1H;/q;;2*-1;+3. The van der Waals surface area contributed by atoms with Gasteiger partial charge >= 0.3 is 19.5 Å². The first-order valence-electron chi connectivity index (χ1n) is 3.17. The molecule has 0 aliphatic carbocycles. The van der Waals surface area contributed by atoms with Gasteiger partial charge in [0.05, 0.1) is 0 Å². The fraction of sp³-hybridized carbons (Fsp3) is 0.556. The maximum Gasteiger partial charge on any atom is 3.00 e. The van der Waals surface area contributed by atoms with Crippen LogP contribution in [0.4, 0.5) is 0 Å². The number of nitrogens with zero attached hydrogens (tertiary/aromatic N) is 1. The van der Waals surface area contributed by atoms with Gasteiger partial charge in [0.2, 0.25) is 0 Å². The third kappa shape index (κ3) is 9610. The molecule has 0 spiro atoms. The number of rotatable bonds is 0. The van der Waals surface area contributed by atoms with Gasteiger partial charge in [0.15, 0.2) is 0 Å². The molecule has 13 heavy (non-hydrogen) atoms. The van der Waals surface area contributed by atoms with Gasteiger partial charge in [-0.15, -0.1) is 6.58 Å². The van der Waals surface area contributed by atoms with Crippen molar-refractivity contribution in [3.8, 4) is 0 Å². The molecule has 0 N–H and O–H groups in total. The van der Waals surface area contributed by atoms with E-state index in [1.807, 2.05) is 39.9 Å². The van der Waals surface area contributed by atoms with Gasteiger partial charge < -0.3 is 14.5 Å². The Labute approximate surface area is 95.0 Å². The fourth-order valence-electron chi connectivity index (χ4n) is 0. The van der Waals surface area contributed by atoms with Crippen LogP contribution in [0.15, 0.2) is 12.2 Å². The van der Waals surface area contributed by atoms with Gasteiger partial charge in [-0.2, -0.15) is 0 Å². The quantitative estimate of drug-likeness (QED) is 0.288. The minimum atomic E-state index is 0. The van der Waals surface area contributed by atoms with Gasteiger partial charge in [-0.05, 0) is 35.0 Å². The summed E-state index contributed by atoms with van der Waals surface area (Å²) in [6.45, 7) is 14.0. The van der Waals surface area contributed by atoms with Crippen molar-refractivity contribution in [2.45, 2.75) is 13.8 Å². The largest absolute Gasteiger partial charge is 3.00 e. The first-order valence-corrected chi connectivity index (χ1v) is 3.17. The van der Waals surface area contributed by atoms with Crippen molar-refractivity contribution in [3.05, 3.63) is 12.2 Å². The van der Waals surface area contributed by atoms with E-state index in [1.165, 1.54) is 5.57 Å². The molecular formula is C9H19NO2Ru+. The second kappa shape index (κ2) is 41.3. The predicted octanol–water partition coefficient (Wildman–Crippen LogP) is 1.21. The zero-order chi connectivity index (χ0) is 11.2. The van der Waals surface area contributed by atoms with Crippen molar-refractivity contribution >= 4 is 13.6 Å². The average molecular weight is 274 g/mol. The minimum Gasteiger partial charge on any atom is -0.545 e. The number of hydrogen-bond acceptors (Lipinski definition) is 3. The minimum absolute atomic E-state index is 0. The van der Waals surface area contributed by atoms with E-state index in [4.69, 9.17) is 9.59 Å². The molecule has 79 valence electrons. The second-order valence-corrected chi connectivity index (χ2v) is 2.55. The molecule has 0 amide bonds. The van der Waals surface area contributed by atoms with Crippen LogP contribution in [-0.2, 0) is 29.1 Å². The van der Waals surface area contributed by atoms with Crippen LogP contribution in [0.5, 0.6) is 0 Å². The van der Waals surface area contributed by atoms with Crippen LogP contribution < -0.4 is 0 Å². The average Bonchev–Trinajstić information content (AvgIpc) is 1.93. The zero-order valence-corrected chi connectivity index (χ0v) is 10.7. The third-order valence-electron chi connectivity index (χ3n) is 0. The molecule has 0 aliphatic heterocycles. The van der Waals surface area contributed by atoms with Crippen LogP contribution >= 0.6 is 0 Å². The maximum atomic E-state index is 7.75. The number of hydrogen-bond donors (Lipinski definition) is 0. The van der Waals surface area contributed by atoms with E-state index in [9.17, 15) is 0 Å². The van der Waals surface area contributed by atoms with Crippen LogP contribution in [0.3, 0.4) is 0 Å². The predicted molar refractivity (Wildman–Crippen MR) is 53.6 cm³/mol. The Bertz CT molecular complexity index is 78.9. The van der Waals surface area contributed by atoms with Crippen LogP contribution in [0.25, 0.3) is 0 Å². The van der Waals surface area contributed by atoms with Crippen molar-refractivity contribution in [2.24, 2.45) is 0 Å². The van der Waals surface area contributed by atoms with Crippen LogP contribution in [0.2, 0.25) is 0 Å². The monoisotopic (exact) mass is 275 g/mol. The first-order chi connectivity index (χ1) is 5.46. The number of carbonyl (C=O) groups excluding carboxylic acids is 2. The van der Waals surface area contributed by atoms with E-state index in [-0.39, 0.29) is 19.5 Å². The summed E-state index contributed by atoms with van der Waals surface area (Å²) in [7, 11) is 6.00. The molecule has 0 bridgehead atoms. The van der Waals surface area contributed by atoms with Crippen LogP contribution in [0.1, 0.15) is 13.8 Å². The molecule has 0 rings (SSSR count). The van der Waals surface area contributed by atoms with E-state index >= 15 is 0 Å².